The van der Waals surface area contributed by atoms with Crippen molar-refractivity contribution in [2.24, 2.45) is 0 Å². The van der Waals surface area contributed by atoms with Gasteiger partial charge in [-0.3, -0.25) is 0 Å². The van der Waals surface area contributed by atoms with Crippen LogP contribution in [-0.4, -0.2) is 32.3 Å². The van der Waals surface area contributed by atoms with E-state index in [0.717, 1.165) is 11.3 Å². The highest BCUT2D eigenvalue weighted by Crippen LogP contribution is 2.39. The first-order chi connectivity index (χ1) is 12.1. The Morgan fingerprint density at radius 2 is 1.76 bits per heavy atom. The van der Waals surface area contributed by atoms with Crippen LogP contribution in [0.25, 0.3) is 11.8 Å². The molecule has 2 heterocycles. The summed E-state index contributed by atoms with van der Waals surface area (Å²) < 4.78 is 4.04. The molecule has 4 heteroatoms. The average Bonchev–Trinajstić information content (AvgIpc) is 3.22. The molecule has 3 aromatic rings. The van der Waals surface area contributed by atoms with E-state index >= 15 is 0 Å². The Balaban J connectivity index is 1.63. The minimum atomic E-state index is 0.00249. The maximum Gasteiger partial charge on any atom is 0.209 e. The quantitative estimate of drug-likeness (QED) is 0.681. The number of hydrogen-bond donors (Lipinski definition) is 0. The maximum absolute atomic E-state index is 4.01. The van der Waals surface area contributed by atoms with Crippen LogP contribution in [0, 0.1) is 0 Å². The fourth-order valence-electron chi connectivity index (χ4n) is 3.56. The Kier molecular flexibility index (Phi) is 3.61. The number of benzene rings is 2. The summed E-state index contributed by atoms with van der Waals surface area (Å²) in [5, 5.41) is 7.86. The fourth-order valence-corrected chi connectivity index (χ4v) is 3.56. The van der Waals surface area contributed by atoms with Crippen LogP contribution in [0.15, 0.2) is 67.0 Å². The summed E-state index contributed by atoms with van der Waals surface area (Å²) in [5.41, 5.74) is 6.13. The molecule has 0 atom stereocenters. The lowest BCUT2D eigenvalue weighted by Crippen LogP contribution is -2.26. The third kappa shape index (κ3) is 2.60. The first kappa shape index (κ1) is 15.5. The molecule has 0 fully saturated rings. The molecule has 0 saturated carbocycles. The number of nitrogens with zero attached hydrogens (tertiary/aromatic N) is 4. The molecule has 0 spiro atoms. The van der Waals surface area contributed by atoms with Crippen molar-refractivity contribution >= 4 is 17.5 Å². The molecule has 4 rings (SSSR count). The molecule has 25 heavy (non-hydrogen) atoms. The van der Waals surface area contributed by atoms with Gasteiger partial charge in [-0.15, -0.1) is 5.10 Å². The van der Waals surface area contributed by atoms with E-state index < -0.39 is 0 Å². The van der Waals surface area contributed by atoms with E-state index in [9.17, 15) is 0 Å². The fraction of sp³-hybridized carbons (Fsp3) is 0.190. The largest absolute Gasteiger partial charge is 0.221 e. The molecule has 1 aromatic heterocycles. The van der Waals surface area contributed by atoms with Gasteiger partial charge in [-0.05, 0) is 37.6 Å². The topological polar surface area (TPSA) is 33.7 Å². The van der Waals surface area contributed by atoms with Crippen molar-refractivity contribution in [1.29, 1.82) is 0 Å². The third-order valence-electron chi connectivity index (χ3n) is 4.95. The zero-order valence-electron chi connectivity index (χ0n) is 14.7. The molecule has 0 radical (unpaired) electrons. The molecule has 0 bridgehead atoms. The predicted molar refractivity (Wildman–Crippen MR) is 101 cm³/mol. The number of aromatic nitrogens is 3. The molecule has 0 amide bonds. The van der Waals surface area contributed by atoms with Gasteiger partial charge in [0.25, 0.3) is 0 Å². The van der Waals surface area contributed by atoms with Gasteiger partial charge >= 0.3 is 0 Å². The van der Waals surface area contributed by atoms with Gasteiger partial charge in [0.1, 0.15) is 7.05 Å². The predicted octanol–water partition coefficient (Wildman–Crippen LogP) is 3.99. The van der Waals surface area contributed by atoms with E-state index in [0.29, 0.717) is 0 Å². The number of rotatable bonds is 3. The van der Waals surface area contributed by atoms with Crippen LogP contribution in [-0.2, 0) is 5.41 Å². The van der Waals surface area contributed by atoms with E-state index in [1.54, 1.807) is 10.9 Å². The van der Waals surface area contributed by atoms with E-state index in [1.165, 1.54) is 17.0 Å². The van der Waals surface area contributed by atoms with Crippen LogP contribution in [0.5, 0.6) is 0 Å². The lowest BCUT2D eigenvalue weighted by molar-refractivity contribution is -0.401. The lowest BCUT2D eigenvalue weighted by Gasteiger charge is -2.15. The first-order valence-corrected chi connectivity index (χ1v) is 8.43. The summed E-state index contributed by atoms with van der Waals surface area (Å²) >= 11 is 0. The zero-order chi connectivity index (χ0) is 17.4. The molecule has 1 aliphatic rings. The number of hydrogen-bond acceptors (Lipinski definition) is 2. The number of fused-ring (bicyclic) bond motifs is 1. The molecule has 4 nitrogen and oxygen atoms in total. The van der Waals surface area contributed by atoms with Crippen LogP contribution in [0.2, 0.25) is 0 Å². The third-order valence-corrected chi connectivity index (χ3v) is 4.95. The standard InChI is InChI=1S/C21H21N4/c1-21(2)18-6-4-5-7-19(18)24(3)20(21)13-10-16-8-11-17(12-9-16)25-15-14-22-23-25/h4-15H,1-3H3/q+1. The molecule has 0 N–H and O–H groups in total. The first-order valence-electron chi connectivity index (χ1n) is 8.43. The Labute approximate surface area is 147 Å². The Morgan fingerprint density at radius 1 is 1.00 bits per heavy atom. The molecule has 2 aromatic carbocycles. The summed E-state index contributed by atoms with van der Waals surface area (Å²) in [6, 6.07) is 16.9. The Bertz CT molecular complexity index is 961. The second kappa shape index (κ2) is 5.81. The van der Waals surface area contributed by atoms with Crippen molar-refractivity contribution < 1.29 is 4.58 Å². The molecular formula is C21H21N4+. The highest BCUT2D eigenvalue weighted by atomic mass is 15.4. The Hall–Kier alpha value is -3.01. The van der Waals surface area contributed by atoms with Gasteiger partial charge in [0.05, 0.1) is 23.5 Å². The summed E-state index contributed by atoms with van der Waals surface area (Å²) in [7, 11) is 2.14. The van der Waals surface area contributed by atoms with Gasteiger partial charge < -0.3 is 0 Å². The molecule has 0 aliphatic carbocycles. The normalized spacial score (nSPS) is 15.8. The molecule has 1 aliphatic heterocycles. The minimum absolute atomic E-state index is 0.00249. The average molecular weight is 329 g/mol. The van der Waals surface area contributed by atoms with Gasteiger partial charge in [0, 0.05) is 17.7 Å². The smallest absolute Gasteiger partial charge is 0.209 e. The van der Waals surface area contributed by atoms with Crippen molar-refractivity contribution in [3.05, 3.63) is 78.1 Å². The van der Waals surface area contributed by atoms with Crippen LogP contribution < -0.4 is 0 Å². The van der Waals surface area contributed by atoms with Crippen molar-refractivity contribution in [3.63, 3.8) is 0 Å². The van der Waals surface area contributed by atoms with Crippen LogP contribution in [0.3, 0.4) is 0 Å². The van der Waals surface area contributed by atoms with Crippen molar-refractivity contribution in [1.82, 2.24) is 15.0 Å². The van der Waals surface area contributed by atoms with Gasteiger partial charge in [-0.25, -0.2) is 4.68 Å². The summed E-state index contributed by atoms with van der Waals surface area (Å²) in [6.45, 7) is 4.56. The number of para-hydroxylation sites is 1. The lowest BCUT2D eigenvalue weighted by atomic mass is 9.81. The van der Waals surface area contributed by atoms with Gasteiger partial charge in [-0.2, -0.15) is 4.58 Å². The highest BCUT2D eigenvalue weighted by molar-refractivity contribution is 6.05. The van der Waals surface area contributed by atoms with Gasteiger partial charge in [0.15, 0.2) is 5.71 Å². The van der Waals surface area contributed by atoms with Crippen molar-refractivity contribution in [3.8, 4) is 5.69 Å². The van der Waals surface area contributed by atoms with Crippen molar-refractivity contribution in [2.45, 2.75) is 19.3 Å². The molecule has 0 unspecified atom stereocenters. The minimum Gasteiger partial charge on any atom is -0.221 e. The van der Waals surface area contributed by atoms with E-state index in [-0.39, 0.29) is 5.41 Å². The maximum atomic E-state index is 4.01. The summed E-state index contributed by atoms with van der Waals surface area (Å²) in [5.74, 6) is 0. The molecule has 0 saturated heterocycles. The monoisotopic (exact) mass is 329 g/mol. The molecule has 124 valence electrons. The second-order valence-electron chi connectivity index (χ2n) is 6.86. The number of allylic oxidation sites excluding steroid dienone is 1. The van der Waals surface area contributed by atoms with Gasteiger partial charge in [0.2, 0.25) is 5.69 Å². The highest BCUT2D eigenvalue weighted by Gasteiger charge is 2.42. The van der Waals surface area contributed by atoms with Crippen LogP contribution >= 0.6 is 0 Å². The van der Waals surface area contributed by atoms with E-state index in [2.05, 4.69) is 96.5 Å². The van der Waals surface area contributed by atoms with E-state index in [4.69, 9.17) is 0 Å². The molecular weight excluding hydrogens is 308 g/mol. The SMILES string of the molecule is C[N+]1=C(/C=C/c2ccc(-n3ccnn3)cc2)C(C)(C)c2ccccc21. The van der Waals surface area contributed by atoms with Crippen LogP contribution in [0.4, 0.5) is 5.69 Å². The summed E-state index contributed by atoms with van der Waals surface area (Å²) in [4.78, 5) is 0. The second-order valence-corrected chi connectivity index (χ2v) is 6.86. The Morgan fingerprint density at radius 3 is 2.44 bits per heavy atom. The van der Waals surface area contributed by atoms with Crippen LogP contribution in [0.1, 0.15) is 25.0 Å². The zero-order valence-corrected chi connectivity index (χ0v) is 14.7. The summed E-state index contributed by atoms with van der Waals surface area (Å²) in [6.07, 6.45) is 7.92. The van der Waals surface area contributed by atoms with Crippen molar-refractivity contribution in [2.75, 3.05) is 7.05 Å². The van der Waals surface area contributed by atoms with Gasteiger partial charge in [-0.1, -0.05) is 35.5 Å². The van der Waals surface area contributed by atoms with E-state index in [1.807, 2.05) is 6.20 Å².